The molecule has 3 aromatic rings. The SMILES string of the molecule is CC(=O)N[C@@H]1[C@H](OCc2ccccc2)O[C@H]2CO[C@@H](c3ccccc3)O[C@H]2[C@@H]1O[C@@H](C)C(=O)N[C@H](C)C(=O)OCc1ccccc1. The van der Waals surface area contributed by atoms with Crippen LogP contribution in [0.3, 0.4) is 0 Å². The van der Waals surface area contributed by atoms with E-state index in [1.54, 1.807) is 13.8 Å². The van der Waals surface area contributed by atoms with E-state index in [0.29, 0.717) is 0 Å². The van der Waals surface area contributed by atoms with Crippen molar-refractivity contribution in [3.63, 3.8) is 0 Å². The van der Waals surface area contributed by atoms with Gasteiger partial charge in [-0.05, 0) is 25.0 Å². The zero-order chi connectivity index (χ0) is 32.5. The summed E-state index contributed by atoms with van der Waals surface area (Å²) in [6.45, 7) is 4.95. The van der Waals surface area contributed by atoms with Crippen LogP contribution in [0.2, 0.25) is 0 Å². The maximum absolute atomic E-state index is 13.3. The molecule has 11 heteroatoms. The molecule has 0 radical (unpaired) electrons. The molecule has 5 rings (SSSR count). The van der Waals surface area contributed by atoms with E-state index in [0.717, 1.165) is 16.7 Å². The van der Waals surface area contributed by atoms with Gasteiger partial charge < -0.3 is 39.1 Å². The van der Waals surface area contributed by atoms with E-state index < -0.39 is 61.0 Å². The van der Waals surface area contributed by atoms with E-state index in [1.807, 2.05) is 91.0 Å². The van der Waals surface area contributed by atoms with Crippen molar-refractivity contribution in [2.45, 2.75) is 83.1 Å². The molecule has 2 fully saturated rings. The summed E-state index contributed by atoms with van der Waals surface area (Å²) in [6, 6.07) is 26.5. The third-order valence-corrected chi connectivity index (χ3v) is 7.70. The van der Waals surface area contributed by atoms with Crippen LogP contribution in [0.4, 0.5) is 0 Å². The number of amides is 2. The second-order valence-corrected chi connectivity index (χ2v) is 11.3. The minimum Gasteiger partial charge on any atom is -0.459 e. The Morgan fingerprint density at radius 3 is 2.09 bits per heavy atom. The minimum atomic E-state index is -1.05. The van der Waals surface area contributed by atoms with Crippen LogP contribution < -0.4 is 10.6 Å². The van der Waals surface area contributed by atoms with Crippen molar-refractivity contribution in [2.75, 3.05) is 6.61 Å². The average Bonchev–Trinajstić information content (AvgIpc) is 3.08. The van der Waals surface area contributed by atoms with Crippen LogP contribution in [-0.2, 0) is 56.0 Å². The second-order valence-electron chi connectivity index (χ2n) is 11.3. The van der Waals surface area contributed by atoms with Gasteiger partial charge in [-0.1, -0.05) is 91.0 Å². The molecule has 0 aromatic heterocycles. The highest BCUT2D eigenvalue weighted by molar-refractivity contribution is 5.86. The molecule has 0 unspecified atom stereocenters. The quantitative estimate of drug-likeness (QED) is 0.288. The largest absolute Gasteiger partial charge is 0.459 e. The number of ether oxygens (including phenoxy) is 6. The van der Waals surface area contributed by atoms with Crippen LogP contribution in [0.1, 0.15) is 43.8 Å². The Balaban J connectivity index is 1.31. The van der Waals surface area contributed by atoms with Crippen LogP contribution in [-0.4, -0.2) is 67.2 Å². The fraction of sp³-hybridized carbons (Fsp3) is 0.400. The lowest BCUT2D eigenvalue weighted by atomic mass is 9.95. The van der Waals surface area contributed by atoms with E-state index in [1.165, 1.54) is 6.92 Å². The lowest BCUT2D eigenvalue weighted by molar-refractivity contribution is -0.351. The summed E-state index contributed by atoms with van der Waals surface area (Å²) >= 11 is 0. The smallest absolute Gasteiger partial charge is 0.328 e. The number of fused-ring (bicyclic) bond motifs is 1. The molecule has 3 aromatic carbocycles. The first kappa shape index (κ1) is 33.2. The van der Waals surface area contributed by atoms with E-state index >= 15 is 0 Å². The van der Waals surface area contributed by atoms with E-state index in [4.69, 9.17) is 28.4 Å². The summed E-state index contributed by atoms with van der Waals surface area (Å²) in [4.78, 5) is 38.4. The van der Waals surface area contributed by atoms with E-state index in [-0.39, 0.29) is 25.7 Å². The van der Waals surface area contributed by atoms with Crippen molar-refractivity contribution in [1.29, 1.82) is 0 Å². The number of hydrogen-bond donors (Lipinski definition) is 2. The van der Waals surface area contributed by atoms with Crippen molar-refractivity contribution in [2.24, 2.45) is 0 Å². The van der Waals surface area contributed by atoms with Crippen molar-refractivity contribution in [3.8, 4) is 0 Å². The monoisotopic (exact) mass is 632 g/mol. The first-order valence-corrected chi connectivity index (χ1v) is 15.3. The molecular formula is C35H40N2O9. The minimum absolute atomic E-state index is 0.0852. The van der Waals surface area contributed by atoms with Crippen LogP contribution in [0.5, 0.6) is 0 Å². The molecule has 11 nitrogen and oxygen atoms in total. The number of carbonyl (C=O) groups is 3. The van der Waals surface area contributed by atoms with Crippen LogP contribution in [0, 0.1) is 0 Å². The second kappa shape index (κ2) is 15.9. The number of rotatable bonds is 12. The standard InChI is InChI=1S/C35H40N2O9/c1-22(33(40)41-19-25-13-7-4-8-14-25)36-32(39)23(2)44-31-29(37-24(3)38)35(42-20-26-15-9-5-10-16-26)45-28-21-43-34(46-30(28)31)27-17-11-6-12-18-27/h4-18,22-23,28-31,34-35H,19-21H2,1-3H3,(H,36,39)(H,37,38)/t22-,23+,28+,29+,30-,31-,34-,35-/m1/s1. The van der Waals surface area contributed by atoms with Gasteiger partial charge in [0.25, 0.3) is 0 Å². The summed E-state index contributed by atoms with van der Waals surface area (Å²) < 4.78 is 36.7. The van der Waals surface area contributed by atoms with E-state index in [9.17, 15) is 14.4 Å². The van der Waals surface area contributed by atoms with Gasteiger partial charge in [-0.15, -0.1) is 0 Å². The third-order valence-electron chi connectivity index (χ3n) is 7.70. The fourth-order valence-electron chi connectivity index (χ4n) is 5.34. The molecule has 2 aliphatic rings. The number of esters is 1. The molecule has 2 heterocycles. The molecule has 8 atom stereocenters. The highest BCUT2D eigenvalue weighted by atomic mass is 16.8. The Morgan fingerprint density at radius 2 is 1.46 bits per heavy atom. The molecular weight excluding hydrogens is 592 g/mol. The molecule has 2 aliphatic heterocycles. The van der Waals surface area contributed by atoms with Gasteiger partial charge in [0.2, 0.25) is 11.8 Å². The maximum atomic E-state index is 13.3. The summed E-state index contributed by atoms with van der Waals surface area (Å²) in [5, 5.41) is 5.57. The Hall–Kier alpha value is -4.13. The van der Waals surface area contributed by atoms with Crippen LogP contribution >= 0.6 is 0 Å². The normalized spacial score (nSPS) is 25.4. The number of carbonyl (C=O) groups excluding carboxylic acids is 3. The number of nitrogens with one attached hydrogen (secondary N) is 2. The molecule has 0 bridgehead atoms. The number of benzene rings is 3. The van der Waals surface area contributed by atoms with Gasteiger partial charge in [-0.3, -0.25) is 9.59 Å². The first-order valence-electron chi connectivity index (χ1n) is 15.3. The summed E-state index contributed by atoms with van der Waals surface area (Å²) in [6.07, 6.45) is -4.98. The lowest BCUT2D eigenvalue weighted by Gasteiger charge is -2.49. The molecule has 46 heavy (non-hydrogen) atoms. The molecule has 0 spiro atoms. The molecule has 2 amide bonds. The third kappa shape index (κ3) is 8.77. The predicted octanol–water partition coefficient (Wildman–Crippen LogP) is 3.57. The molecule has 2 saturated heterocycles. The van der Waals surface area contributed by atoms with Crippen molar-refractivity contribution >= 4 is 17.8 Å². The topological polar surface area (TPSA) is 131 Å². The Bertz CT molecular complexity index is 1430. The zero-order valence-electron chi connectivity index (χ0n) is 26.1. The van der Waals surface area contributed by atoms with Crippen molar-refractivity contribution < 1.29 is 42.8 Å². The van der Waals surface area contributed by atoms with Gasteiger partial charge >= 0.3 is 5.97 Å². The summed E-state index contributed by atoms with van der Waals surface area (Å²) in [5.74, 6) is -1.46. The predicted molar refractivity (Wildman–Crippen MR) is 166 cm³/mol. The molecule has 2 N–H and O–H groups in total. The average molecular weight is 633 g/mol. The van der Waals surface area contributed by atoms with Crippen molar-refractivity contribution in [1.82, 2.24) is 10.6 Å². The molecule has 0 aliphatic carbocycles. The van der Waals surface area contributed by atoms with Gasteiger partial charge in [-0.2, -0.15) is 0 Å². The Labute approximate surface area is 268 Å². The van der Waals surface area contributed by atoms with Gasteiger partial charge in [0.1, 0.15) is 43.1 Å². The zero-order valence-corrected chi connectivity index (χ0v) is 26.1. The number of hydrogen-bond acceptors (Lipinski definition) is 9. The van der Waals surface area contributed by atoms with Gasteiger partial charge in [-0.25, -0.2) is 4.79 Å². The molecule has 0 saturated carbocycles. The maximum Gasteiger partial charge on any atom is 0.328 e. The van der Waals surface area contributed by atoms with Crippen LogP contribution in [0.25, 0.3) is 0 Å². The highest BCUT2D eigenvalue weighted by Crippen LogP contribution is 2.36. The van der Waals surface area contributed by atoms with E-state index in [2.05, 4.69) is 10.6 Å². The molecule has 244 valence electrons. The van der Waals surface area contributed by atoms with Crippen molar-refractivity contribution in [3.05, 3.63) is 108 Å². The lowest BCUT2D eigenvalue weighted by Crippen LogP contribution is -2.68. The Kier molecular flexibility index (Phi) is 11.5. The first-order chi connectivity index (χ1) is 22.3. The highest BCUT2D eigenvalue weighted by Gasteiger charge is 2.52. The van der Waals surface area contributed by atoms with Crippen LogP contribution in [0.15, 0.2) is 91.0 Å². The fourth-order valence-corrected chi connectivity index (χ4v) is 5.34. The summed E-state index contributed by atoms with van der Waals surface area (Å²) in [7, 11) is 0. The van der Waals surface area contributed by atoms with Gasteiger partial charge in [0.15, 0.2) is 12.6 Å². The summed E-state index contributed by atoms with van der Waals surface area (Å²) in [5.41, 5.74) is 2.54. The Morgan fingerprint density at radius 1 is 0.848 bits per heavy atom. The van der Waals surface area contributed by atoms with Gasteiger partial charge in [0, 0.05) is 12.5 Å². The van der Waals surface area contributed by atoms with Gasteiger partial charge in [0.05, 0.1) is 13.2 Å².